The Labute approximate surface area is 109 Å². The Morgan fingerprint density at radius 1 is 1.44 bits per heavy atom. The largest absolute Gasteiger partial charge is 0.494 e. The highest BCUT2D eigenvalue weighted by atomic mass is 16.5. The first kappa shape index (κ1) is 14.5. The molecule has 0 aliphatic carbocycles. The second-order valence-corrected chi connectivity index (χ2v) is 4.28. The minimum Gasteiger partial charge on any atom is -0.494 e. The van der Waals surface area contributed by atoms with Gasteiger partial charge in [-0.2, -0.15) is 0 Å². The molecule has 0 aliphatic rings. The van der Waals surface area contributed by atoms with Crippen LogP contribution in [-0.2, 0) is 4.79 Å². The molecule has 100 valence electrons. The van der Waals surface area contributed by atoms with Crippen LogP contribution in [0.5, 0.6) is 5.75 Å². The van der Waals surface area contributed by atoms with E-state index in [0.717, 1.165) is 16.9 Å². The van der Waals surface area contributed by atoms with Gasteiger partial charge in [-0.1, -0.05) is 12.1 Å². The molecule has 0 aromatic heterocycles. The molecular weight excluding hydrogens is 228 g/mol. The summed E-state index contributed by atoms with van der Waals surface area (Å²) < 4.78 is 5.49. The predicted octanol–water partition coefficient (Wildman–Crippen LogP) is 1.79. The topological polar surface area (TPSA) is 50.4 Å². The Bertz CT molecular complexity index is 405. The van der Waals surface area contributed by atoms with E-state index in [2.05, 4.69) is 16.7 Å². The van der Waals surface area contributed by atoms with Gasteiger partial charge in [-0.15, -0.1) is 0 Å². The Morgan fingerprint density at radius 2 is 2.17 bits per heavy atom. The number of ether oxygens (including phenoxy) is 1. The van der Waals surface area contributed by atoms with Crippen molar-refractivity contribution in [3.05, 3.63) is 29.3 Å². The van der Waals surface area contributed by atoms with Gasteiger partial charge in [0.25, 0.3) is 0 Å². The van der Waals surface area contributed by atoms with Crippen LogP contribution in [0.15, 0.2) is 18.2 Å². The highest BCUT2D eigenvalue weighted by Crippen LogP contribution is 2.22. The predicted molar refractivity (Wildman–Crippen MR) is 72.8 cm³/mol. The zero-order valence-corrected chi connectivity index (χ0v) is 11.5. The molecule has 2 N–H and O–H groups in total. The molecule has 1 rings (SSSR count). The molecule has 1 unspecified atom stereocenters. The monoisotopic (exact) mass is 250 g/mol. The number of nitrogens with one attached hydrogen (secondary N) is 2. The third kappa shape index (κ3) is 4.04. The molecule has 0 spiro atoms. The van der Waals surface area contributed by atoms with Gasteiger partial charge < -0.3 is 15.4 Å². The first-order valence-electron chi connectivity index (χ1n) is 6.25. The van der Waals surface area contributed by atoms with E-state index >= 15 is 0 Å². The van der Waals surface area contributed by atoms with Crippen LogP contribution in [0.1, 0.15) is 31.0 Å². The van der Waals surface area contributed by atoms with E-state index in [0.29, 0.717) is 13.2 Å². The summed E-state index contributed by atoms with van der Waals surface area (Å²) in [6.07, 6.45) is 0. The third-order valence-electron chi connectivity index (χ3n) is 2.71. The van der Waals surface area contributed by atoms with E-state index in [1.807, 2.05) is 32.9 Å². The van der Waals surface area contributed by atoms with E-state index in [-0.39, 0.29) is 11.9 Å². The van der Waals surface area contributed by atoms with E-state index in [4.69, 9.17) is 4.74 Å². The number of amides is 1. The Hall–Kier alpha value is -1.55. The average Bonchev–Trinajstić information content (AvgIpc) is 2.32. The van der Waals surface area contributed by atoms with E-state index in [1.54, 1.807) is 7.05 Å². The summed E-state index contributed by atoms with van der Waals surface area (Å²) in [5.74, 6) is 0.895. The fourth-order valence-corrected chi connectivity index (χ4v) is 1.80. The minimum absolute atomic E-state index is 0.000210. The first-order valence-corrected chi connectivity index (χ1v) is 6.25. The van der Waals surface area contributed by atoms with Crippen molar-refractivity contribution in [1.29, 1.82) is 0 Å². The zero-order chi connectivity index (χ0) is 13.5. The number of aryl methyl sites for hydroxylation is 1. The number of likely N-dealkylation sites (N-methyl/N-ethyl adjacent to an activating group) is 1. The van der Waals surface area contributed by atoms with Crippen molar-refractivity contribution in [3.8, 4) is 5.75 Å². The number of hydrogen-bond acceptors (Lipinski definition) is 3. The van der Waals surface area contributed by atoms with Gasteiger partial charge in [-0.3, -0.25) is 4.79 Å². The molecule has 0 saturated carbocycles. The van der Waals surface area contributed by atoms with Gasteiger partial charge in [0.15, 0.2) is 0 Å². The van der Waals surface area contributed by atoms with Crippen molar-refractivity contribution in [2.75, 3.05) is 20.2 Å². The molecular formula is C14H22N2O2. The Kier molecular flexibility index (Phi) is 5.65. The van der Waals surface area contributed by atoms with Crippen LogP contribution in [0.2, 0.25) is 0 Å². The van der Waals surface area contributed by atoms with Crippen LogP contribution in [-0.4, -0.2) is 26.1 Å². The molecule has 1 aromatic carbocycles. The number of rotatable bonds is 6. The van der Waals surface area contributed by atoms with Crippen LogP contribution >= 0.6 is 0 Å². The summed E-state index contributed by atoms with van der Waals surface area (Å²) in [6.45, 7) is 6.95. The minimum atomic E-state index is -0.00321. The summed E-state index contributed by atoms with van der Waals surface area (Å²) in [7, 11) is 1.76. The van der Waals surface area contributed by atoms with Crippen LogP contribution in [0.25, 0.3) is 0 Å². The number of hydrogen-bond donors (Lipinski definition) is 2. The molecule has 1 atom stereocenters. The maximum absolute atomic E-state index is 11.5. The highest BCUT2D eigenvalue weighted by molar-refractivity contribution is 5.78. The Balaban J connectivity index is 2.71. The lowest BCUT2D eigenvalue weighted by molar-refractivity contribution is -0.120. The highest BCUT2D eigenvalue weighted by Gasteiger charge is 2.10. The van der Waals surface area contributed by atoms with Crippen LogP contribution in [0.4, 0.5) is 0 Å². The van der Waals surface area contributed by atoms with Gasteiger partial charge in [0.2, 0.25) is 5.91 Å². The standard InChI is InChI=1S/C14H22N2O2/c1-5-18-13-7-6-12(8-10(13)2)11(3)16-14(17)9-15-4/h6-8,11,15H,5,9H2,1-4H3,(H,16,17). The first-order chi connectivity index (χ1) is 8.58. The molecule has 0 bridgehead atoms. The molecule has 0 saturated heterocycles. The molecule has 1 aromatic rings. The Morgan fingerprint density at radius 3 is 2.72 bits per heavy atom. The van der Waals surface area contributed by atoms with Crippen molar-refractivity contribution < 1.29 is 9.53 Å². The molecule has 18 heavy (non-hydrogen) atoms. The summed E-state index contributed by atoms with van der Waals surface area (Å²) in [5, 5.41) is 5.76. The van der Waals surface area contributed by atoms with Crippen molar-refractivity contribution in [2.24, 2.45) is 0 Å². The lowest BCUT2D eigenvalue weighted by Gasteiger charge is -2.16. The van der Waals surface area contributed by atoms with Crippen molar-refractivity contribution in [3.63, 3.8) is 0 Å². The van der Waals surface area contributed by atoms with Crippen LogP contribution < -0.4 is 15.4 Å². The SMILES string of the molecule is CCOc1ccc(C(C)NC(=O)CNC)cc1C. The van der Waals surface area contributed by atoms with Crippen molar-refractivity contribution in [2.45, 2.75) is 26.8 Å². The third-order valence-corrected chi connectivity index (χ3v) is 2.71. The van der Waals surface area contributed by atoms with Gasteiger partial charge in [-0.25, -0.2) is 0 Å². The molecule has 0 aliphatic heterocycles. The number of carbonyl (C=O) groups excluding carboxylic acids is 1. The van der Waals surface area contributed by atoms with Gasteiger partial charge in [0.05, 0.1) is 19.2 Å². The lowest BCUT2D eigenvalue weighted by atomic mass is 10.0. The molecule has 4 heteroatoms. The molecule has 0 heterocycles. The van der Waals surface area contributed by atoms with Gasteiger partial charge in [0, 0.05) is 0 Å². The van der Waals surface area contributed by atoms with E-state index in [1.165, 1.54) is 0 Å². The second kappa shape index (κ2) is 7.01. The van der Waals surface area contributed by atoms with E-state index < -0.39 is 0 Å². The molecule has 0 fully saturated rings. The average molecular weight is 250 g/mol. The van der Waals surface area contributed by atoms with Crippen molar-refractivity contribution in [1.82, 2.24) is 10.6 Å². The quantitative estimate of drug-likeness (QED) is 0.809. The normalized spacial score (nSPS) is 12.0. The smallest absolute Gasteiger partial charge is 0.234 e. The van der Waals surface area contributed by atoms with Crippen molar-refractivity contribution >= 4 is 5.91 Å². The zero-order valence-electron chi connectivity index (χ0n) is 11.5. The number of carbonyl (C=O) groups is 1. The summed E-state index contributed by atoms with van der Waals surface area (Å²) in [6, 6.07) is 5.99. The molecule has 0 radical (unpaired) electrons. The van der Waals surface area contributed by atoms with Gasteiger partial charge in [0.1, 0.15) is 5.75 Å². The maximum Gasteiger partial charge on any atom is 0.234 e. The lowest BCUT2D eigenvalue weighted by Crippen LogP contribution is -2.33. The number of benzene rings is 1. The molecule has 1 amide bonds. The molecule has 4 nitrogen and oxygen atoms in total. The van der Waals surface area contributed by atoms with Gasteiger partial charge >= 0.3 is 0 Å². The van der Waals surface area contributed by atoms with Crippen LogP contribution in [0.3, 0.4) is 0 Å². The van der Waals surface area contributed by atoms with E-state index in [9.17, 15) is 4.79 Å². The summed E-state index contributed by atoms with van der Waals surface area (Å²) in [4.78, 5) is 11.5. The summed E-state index contributed by atoms with van der Waals surface area (Å²) >= 11 is 0. The second-order valence-electron chi connectivity index (χ2n) is 4.28. The van der Waals surface area contributed by atoms with Gasteiger partial charge in [-0.05, 0) is 45.0 Å². The maximum atomic E-state index is 11.5. The fourth-order valence-electron chi connectivity index (χ4n) is 1.80. The fraction of sp³-hybridized carbons (Fsp3) is 0.500. The summed E-state index contributed by atoms with van der Waals surface area (Å²) in [5.41, 5.74) is 2.17. The van der Waals surface area contributed by atoms with Crippen LogP contribution in [0, 0.1) is 6.92 Å².